The zero-order valence-electron chi connectivity index (χ0n) is 16.3. The van der Waals surface area contributed by atoms with Crippen molar-refractivity contribution in [1.29, 1.82) is 0 Å². The predicted molar refractivity (Wildman–Crippen MR) is 118 cm³/mol. The van der Waals surface area contributed by atoms with Crippen LogP contribution in [0.2, 0.25) is 0 Å². The van der Waals surface area contributed by atoms with Crippen LogP contribution >= 0.6 is 15.9 Å². The summed E-state index contributed by atoms with van der Waals surface area (Å²) in [6, 6.07) is 16.8. The Morgan fingerprint density at radius 2 is 1.86 bits per heavy atom. The molecular weight excluding hydrogens is 426 g/mol. The second-order valence-electron chi connectivity index (χ2n) is 8.09. The van der Waals surface area contributed by atoms with E-state index in [9.17, 15) is 4.79 Å². The summed E-state index contributed by atoms with van der Waals surface area (Å²) in [6.45, 7) is 0.518. The molecule has 5 heteroatoms. The lowest BCUT2D eigenvalue weighted by molar-refractivity contribution is -0.126. The van der Waals surface area contributed by atoms with Gasteiger partial charge in [-0.25, -0.2) is 4.98 Å². The molecule has 1 atom stereocenters. The van der Waals surface area contributed by atoms with E-state index in [0.29, 0.717) is 6.54 Å². The highest BCUT2D eigenvalue weighted by Crippen LogP contribution is 2.46. The lowest BCUT2D eigenvalue weighted by atomic mass is 9.82. The summed E-state index contributed by atoms with van der Waals surface area (Å²) < 4.78 is 3.27. The lowest BCUT2D eigenvalue weighted by Crippen LogP contribution is -2.46. The van der Waals surface area contributed by atoms with Crippen molar-refractivity contribution in [3.05, 3.63) is 76.5 Å². The van der Waals surface area contributed by atoms with Gasteiger partial charge in [0.05, 0.1) is 0 Å². The Bertz CT molecular complexity index is 1040. The number of imidazole rings is 1. The van der Waals surface area contributed by atoms with Crippen molar-refractivity contribution in [3.63, 3.8) is 0 Å². The molecule has 2 aliphatic rings. The van der Waals surface area contributed by atoms with Gasteiger partial charge in [0.1, 0.15) is 11.4 Å². The van der Waals surface area contributed by atoms with Gasteiger partial charge in [0.15, 0.2) is 0 Å². The van der Waals surface area contributed by atoms with E-state index < -0.39 is 5.54 Å². The highest BCUT2D eigenvalue weighted by Gasteiger charge is 2.45. The van der Waals surface area contributed by atoms with Crippen LogP contribution in [-0.4, -0.2) is 22.0 Å². The molecule has 1 fully saturated rings. The largest absolute Gasteiger partial charge is 0.353 e. The number of nitrogens with zero attached hydrogens (tertiary/aromatic N) is 2. The topological polar surface area (TPSA) is 46.9 Å². The zero-order valence-corrected chi connectivity index (χ0v) is 17.9. The molecule has 5 rings (SSSR count). The molecule has 1 aromatic heterocycles. The Balaban J connectivity index is 1.58. The third-order valence-corrected chi connectivity index (χ3v) is 7.01. The van der Waals surface area contributed by atoms with Crippen LogP contribution in [0, 0.1) is 5.92 Å². The summed E-state index contributed by atoms with van der Waals surface area (Å²) in [5, 5.41) is 3.32. The van der Waals surface area contributed by atoms with E-state index in [-0.39, 0.29) is 11.8 Å². The van der Waals surface area contributed by atoms with Crippen molar-refractivity contribution in [1.82, 2.24) is 14.9 Å². The second kappa shape index (κ2) is 7.45. The van der Waals surface area contributed by atoms with Crippen LogP contribution in [0.1, 0.15) is 43.2 Å². The number of rotatable bonds is 4. The first-order valence-corrected chi connectivity index (χ1v) is 11.2. The quantitative estimate of drug-likeness (QED) is 0.600. The molecule has 148 valence electrons. The molecule has 0 saturated heterocycles. The molecule has 0 spiro atoms. The first-order valence-electron chi connectivity index (χ1n) is 10.4. The molecule has 1 aliphatic carbocycles. The lowest BCUT2D eigenvalue weighted by Gasteiger charge is -2.34. The van der Waals surface area contributed by atoms with Gasteiger partial charge >= 0.3 is 0 Å². The predicted octanol–water partition coefficient (Wildman–Crippen LogP) is 5.11. The third-order valence-electron chi connectivity index (χ3n) is 6.48. The number of halogens is 1. The van der Waals surface area contributed by atoms with Gasteiger partial charge in [-0.05, 0) is 36.1 Å². The molecule has 1 saturated carbocycles. The van der Waals surface area contributed by atoms with Gasteiger partial charge in [-0.3, -0.25) is 4.79 Å². The SMILES string of the molecule is O=C(NCC1(c2ccc(Br)cc2)c2ccccc2-c2nccn21)C1CCCCC1. The summed E-state index contributed by atoms with van der Waals surface area (Å²) in [5.41, 5.74) is 2.98. The van der Waals surface area contributed by atoms with Gasteiger partial charge < -0.3 is 9.88 Å². The standard InChI is InChI=1S/C24H24BrN3O/c25-19-12-10-18(11-13-19)24(16-27-23(29)17-6-2-1-3-7-17)21-9-5-4-8-20(21)22-26-14-15-28(22)24/h4-5,8-15,17H,1-3,6-7,16H2,(H,27,29). The maximum Gasteiger partial charge on any atom is 0.223 e. The van der Waals surface area contributed by atoms with E-state index >= 15 is 0 Å². The monoisotopic (exact) mass is 449 g/mol. The van der Waals surface area contributed by atoms with Gasteiger partial charge in [0.2, 0.25) is 5.91 Å². The minimum Gasteiger partial charge on any atom is -0.353 e. The normalized spacial score (nSPS) is 20.9. The Kier molecular flexibility index (Phi) is 4.78. The Morgan fingerprint density at radius 3 is 2.66 bits per heavy atom. The average Bonchev–Trinajstić information content (AvgIpc) is 3.35. The van der Waals surface area contributed by atoms with Crippen LogP contribution in [0.4, 0.5) is 0 Å². The summed E-state index contributed by atoms with van der Waals surface area (Å²) in [5.74, 6) is 1.28. The summed E-state index contributed by atoms with van der Waals surface area (Å²) >= 11 is 3.55. The van der Waals surface area contributed by atoms with Crippen molar-refractivity contribution in [2.24, 2.45) is 5.92 Å². The average molecular weight is 450 g/mol. The van der Waals surface area contributed by atoms with Crippen molar-refractivity contribution in [3.8, 4) is 11.4 Å². The molecule has 0 bridgehead atoms. The van der Waals surface area contributed by atoms with E-state index in [1.807, 2.05) is 12.4 Å². The molecular formula is C24H24BrN3O. The van der Waals surface area contributed by atoms with Crippen LogP contribution in [0.5, 0.6) is 0 Å². The second-order valence-corrected chi connectivity index (χ2v) is 9.00. The smallest absolute Gasteiger partial charge is 0.223 e. The number of amides is 1. The van der Waals surface area contributed by atoms with Crippen molar-refractivity contribution < 1.29 is 4.79 Å². The van der Waals surface area contributed by atoms with E-state index in [1.165, 1.54) is 12.0 Å². The maximum absolute atomic E-state index is 13.0. The van der Waals surface area contributed by atoms with Crippen LogP contribution in [-0.2, 0) is 10.3 Å². The molecule has 29 heavy (non-hydrogen) atoms. The number of hydrogen-bond donors (Lipinski definition) is 1. The number of benzene rings is 2. The molecule has 3 aromatic rings. The number of carbonyl (C=O) groups excluding carboxylic acids is 1. The van der Waals surface area contributed by atoms with Gasteiger partial charge in [0, 0.05) is 34.9 Å². The first-order chi connectivity index (χ1) is 14.2. The van der Waals surface area contributed by atoms with E-state index in [4.69, 9.17) is 0 Å². The van der Waals surface area contributed by atoms with Gasteiger partial charge in [-0.15, -0.1) is 0 Å². The molecule has 1 unspecified atom stereocenters. The van der Waals surface area contributed by atoms with Gasteiger partial charge in [0.25, 0.3) is 0 Å². The first kappa shape index (κ1) is 18.6. The highest BCUT2D eigenvalue weighted by atomic mass is 79.9. The van der Waals surface area contributed by atoms with Crippen molar-refractivity contribution in [2.75, 3.05) is 6.54 Å². The van der Waals surface area contributed by atoms with Crippen LogP contribution in [0.15, 0.2) is 65.4 Å². The Labute approximate surface area is 179 Å². The fourth-order valence-electron chi connectivity index (χ4n) is 5.01. The van der Waals surface area contributed by atoms with Gasteiger partial charge in [-0.1, -0.05) is 71.6 Å². The molecule has 2 aromatic carbocycles. The Morgan fingerprint density at radius 1 is 1.10 bits per heavy atom. The van der Waals surface area contributed by atoms with Crippen molar-refractivity contribution in [2.45, 2.75) is 37.6 Å². The minimum absolute atomic E-state index is 0.143. The van der Waals surface area contributed by atoms with Crippen LogP contribution in [0.3, 0.4) is 0 Å². The molecule has 1 N–H and O–H groups in total. The molecule has 2 heterocycles. The number of nitrogens with one attached hydrogen (secondary N) is 1. The van der Waals surface area contributed by atoms with Crippen molar-refractivity contribution >= 4 is 21.8 Å². The summed E-state index contributed by atoms with van der Waals surface area (Å²) in [7, 11) is 0. The maximum atomic E-state index is 13.0. The van der Waals surface area contributed by atoms with Crippen LogP contribution < -0.4 is 5.32 Å². The van der Waals surface area contributed by atoms with E-state index in [2.05, 4.69) is 79.3 Å². The Hall–Kier alpha value is -2.40. The molecule has 1 aliphatic heterocycles. The highest BCUT2D eigenvalue weighted by molar-refractivity contribution is 9.10. The minimum atomic E-state index is -0.493. The summed E-state index contributed by atoms with van der Waals surface area (Å²) in [6.07, 6.45) is 9.45. The van der Waals surface area contributed by atoms with E-state index in [0.717, 1.165) is 47.1 Å². The number of fused-ring (bicyclic) bond motifs is 3. The number of carbonyl (C=O) groups is 1. The number of hydrogen-bond acceptors (Lipinski definition) is 2. The van der Waals surface area contributed by atoms with Crippen LogP contribution in [0.25, 0.3) is 11.4 Å². The fraction of sp³-hybridized carbons (Fsp3) is 0.333. The van der Waals surface area contributed by atoms with Gasteiger partial charge in [-0.2, -0.15) is 0 Å². The fourth-order valence-corrected chi connectivity index (χ4v) is 5.27. The zero-order chi connectivity index (χ0) is 19.8. The molecule has 1 amide bonds. The molecule has 4 nitrogen and oxygen atoms in total. The molecule has 0 radical (unpaired) electrons. The number of aromatic nitrogens is 2. The summed E-state index contributed by atoms with van der Waals surface area (Å²) in [4.78, 5) is 17.6. The third kappa shape index (κ3) is 3.03. The van der Waals surface area contributed by atoms with E-state index in [1.54, 1.807) is 0 Å².